The summed E-state index contributed by atoms with van der Waals surface area (Å²) in [5, 5.41) is 26.8. The molecule has 10 heteroatoms. The van der Waals surface area contributed by atoms with Gasteiger partial charge in [0.05, 0.1) is 10.9 Å². The predicted molar refractivity (Wildman–Crippen MR) is 193 cm³/mol. The molecule has 0 saturated carbocycles. The van der Waals surface area contributed by atoms with Crippen molar-refractivity contribution in [3.8, 4) is 22.5 Å². The van der Waals surface area contributed by atoms with Crippen LogP contribution in [0.5, 0.6) is 0 Å². The molecule has 4 aromatic rings. The fourth-order valence-corrected chi connectivity index (χ4v) is 6.45. The van der Waals surface area contributed by atoms with E-state index in [4.69, 9.17) is 0 Å². The normalized spacial score (nSPS) is 14.0. The number of nitrogens with one attached hydrogen (secondary N) is 2. The third-order valence-electron chi connectivity index (χ3n) is 7.95. The molecular formula is C37H46N4O4S2. The lowest BCUT2D eigenvalue weighted by atomic mass is 9.86. The summed E-state index contributed by atoms with van der Waals surface area (Å²) in [7, 11) is 0. The number of amides is 1. The standard InChI is InChI=1S/C37H46N4O4S2/c1-36(2,3)27-14-12-24(13-15-27)26-21-38-32(39-22-26)25-10-8-23(9-11-25)20-29(33(42)40-28(35(44)45)18-19-46-7)41-34(43)30-16-17-31(47-30)37(4,5)6/h8-17,21-22,28-29,33,40,42H,18-20H2,1-7H3,(H,41,43)(H,44,45)/t28-,29-,33?/m0/s1. The van der Waals surface area contributed by atoms with E-state index in [1.165, 1.54) is 28.7 Å². The number of aliphatic hydroxyl groups is 1. The topological polar surface area (TPSA) is 124 Å². The van der Waals surface area contributed by atoms with Gasteiger partial charge in [-0.1, -0.05) is 90.1 Å². The highest BCUT2D eigenvalue weighted by Gasteiger charge is 2.28. The van der Waals surface area contributed by atoms with Crippen LogP contribution in [-0.4, -0.2) is 62.4 Å². The van der Waals surface area contributed by atoms with Gasteiger partial charge in [0.2, 0.25) is 0 Å². The average Bonchev–Trinajstić information content (AvgIpc) is 3.54. The van der Waals surface area contributed by atoms with Crippen LogP contribution < -0.4 is 10.6 Å². The molecule has 0 aliphatic rings. The number of hydrogen-bond acceptors (Lipinski definition) is 8. The molecule has 2 aromatic heterocycles. The average molecular weight is 675 g/mol. The molecule has 0 aliphatic carbocycles. The van der Waals surface area contributed by atoms with Crippen LogP contribution in [0.25, 0.3) is 22.5 Å². The number of nitrogens with zero attached hydrogens (tertiary/aromatic N) is 2. The first-order valence-electron chi connectivity index (χ1n) is 15.7. The molecule has 0 aliphatic heterocycles. The molecule has 47 heavy (non-hydrogen) atoms. The Balaban J connectivity index is 1.50. The van der Waals surface area contributed by atoms with Crippen LogP contribution in [-0.2, 0) is 22.0 Å². The van der Waals surface area contributed by atoms with E-state index in [1.54, 1.807) is 6.07 Å². The maximum absolute atomic E-state index is 13.3. The van der Waals surface area contributed by atoms with Gasteiger partial charge in [-0.3, -0.25) is 14.9 Å². The molecule has 0 saturated heterocycles. The Morgan fingerprint density at radius 1 is 0.851 bits per heavy atom. The molecule has 0 fully saturated rings. The minimum atomic E-state index is -1.29. The van der Waals surface area contributed by atoms with Gasteiger partial charge >= 0.3 is 5.97 Å². The van der Waals surface area contributed by atoms with Crippen molar-refractivity contribution >= 4 is 35.0 Å². The number of carbonyl (C=O) groups excluding carboxylic acids is 1. The summed E-state index contributed by atoms with van der Waals surface area (Å²) < 4.78 is 0. The van der Waals surface area contributed by atoms with E-state index in [-0.39, 0.29) is 23.2 Å². The molecule has 3 atom stereocenters. The van der Waals surface area contributed by atoms with Crippen LogP contribution in [0.1, 0.15) is 73.6 Å². The van der Waals surface area contributed by atoms with Crippen molar-refractivity contribution in [2.45, 2.75) is 83.5 Å². The van der Waals surface area contributed by atoms with E-state index in [1.807, 2.05) is 49.0 Å². The van der Waals surface area contributed by atoms with Gasteiger partial charge in [0.25, 0.3) is 5.91 Å². The van der Waals surface area contributed by atoms with Gasteiger partial charge in [-0.25, -0.2) is 9.97 Å². The van der Waals surface area contributed by atoms with Gasteiger partial charge < -0.3 is 15.5 Å². The first-order valence-corrected chi connectivity index (χ1v) is 18.0. The second-order valence-corrected chi connectivity index (χ2v) is 15.9. The van der Waals surface area contributed by atoms with Crippen molar-refractivity contribution in [2.75, 3.05) is 12.0 Å². The first-order chi connectivity index (χ1) is 22.2. The molecule has 2 heterocycles. The van der Waals surface area contributed by atoms with E-state index >= 15 is 0 Å². The lowest BCUT2D eigenvalue weighted by molar-refractivity contribution is -0.140. The minimum Gasteiger partial charge on any atom is -0.480 e. The number of benzene rings is 2. The number of carboxylic acid groups (broad SMARTS) is 1. The van der Waals surface area contributed by atoms with Crippen molar-refractivity contribution in [1.82, 2.24) is 20.6 Å². The van der Waals surface area contributed by atoms with E-state index in [0.29, 0.717) is 22.9 Å². The van der Waals surface area contributed by atoms with E-state index < -0.39 is 24.3 Å². The number of hydrogen-bond donors (Lipinski definition) is 4. The van der Waals surface area contributed by atoms with Crippen LogP contribution in [0.2, 0.25) is 0 Å². The molecule has 1 unspecified atom stereocenters. The monoisotopic (exact) mass is 674 g/mol. The SMILES string of the molecule is CSCC[C@H](NC(O)[C@H](Cc1ccc(-c2ncc(-c3ccc(C(C)(C)C)cc3)cn2)cc1)NC(=O)c1ccc(C(C)(C)C)s1)C(=O)O. The smallest absolute Gasteiger partial charge is 0.320 e. The predicted octanol–water partition coefficient (Wildman–Crippen LogP) is 6.92. The summed E-state index contributed by atoms with van der Waals surface area (Å²) in [4.78, 5) is 36.1. The second-order valence-electron chi connectivity index (χ2n) is 13.8. The Morgan fingerprint density at radius 2 is 1.47 bits per heavy atom. The molecule has 0 spiro atoms. The fourth-order valence-electron chi connectivity index (χ4n) is 5.01. The zero-order valence-electron chi connectivity index (χ0n) is 28.2. The highest BCUT2D eigenvalue weighted by atomic mass is 32.2. The molecule has 0 bridgehead atoms. The summed E-state index contributed by atoms with van der Waals surface area (Å²) >= 11 is 2.95. The Kier molecular flexibility index (Phi) is 12.0. The van der Waals surface area contributed by atoms with Crippen LogP contribution in [0.3, 0.4) is 0 Å². The lowest BCUT2D eigenvalue weighted by Gasteiger charge is -2.27. The van der Waals surface area contributed by atoms with Crippen molar-refractivity contribution in [3.63, 3.8) is 0 Å². The number of carbonyl (C=O) groups is 2. The molecule has 0 radical (unpaired) electrons. The Bertz CT molecular complexity index is 1620. The van der Waals surface area contributed by atoms with Crippen molar-refractivity contribution < 1.29 is 19.8 Å². The molecule has 250 valence electrons. The number of thioether (sulfide) groups is 1. The second kappa shape index (κ2) is 15.6. The number of thiophene rings is 1. The summed E-state index contributed by atoms with van der Waals surface area (Å²) in [6, 6.07) is 18.1. The van der Waals surface area contributed by atoms with E-state index in [9.17, 15) is 19.8 Å². The molecular weight excluding hydrogens is 629 g/mol. The van der Waals surface area contributed by atoms with E-state index in [2.05, 4.69) is 86.4 Å². The summed E-state index contributed by atoms with van der Waals surface area (Å²) in [6.07, 6.45) is 4.86. The molecule has 4 rings (SSSR count). The summed E-state index contributed by atoms with van der Waals surface area (Å²) in [6.45, 7) is 12.8. The molecule has 1 amide bonds. The molecule has 8 nitrogen and oxygen atoms in total. The van der Waals surface area contributed by atoms with Crippen LogP contribution in [0.15, 0.2) is 73.1 Å². The zero-order chi connectivity index (χ0) is 34.4. The van der Waals surface area contributed by atoms with Crippen molar-refractivity contribution in [2.24, 2.45) is 0 Å². The quantitative estimate of drug-likeness (QED) is 0.113. The van der Waals surface area contributed by atoms with Gasteiger partial charge in [0.15, 0.2) is 5.82 Å². The first kappa shape index (κ1) is 36.3. The Morgan fingerprint density at radius 3 is 2.00 bits per heavy atom. The van der Waals surface area contributed by atoms with Crippen molar-refractivity contribution in [1.29, 1.82) is 0 Å². The minimum absolute atomic E-state index is 0.0836. The molecule has 4 N–H and O–H groups in total. The van der Waals surface area contributed by atoms with Crippen molar-refractivity contribution in [3.05, 3.63) is 93.9 Å². The zero-order valence-corrected chi connectivity index (χ0v) is 29.8. The maximum atomic E-state index is 13.3. The number of rotatable bonds is 13. The number of aliphatic carboxylic acids is 1. The van der Waals surface area contributed by atoms with Crippen LogP contribution in [0.4, 0.5) is 0 Å². The third-order valence-corrected chi connectivity index (χ3v) is 10.1. The number of aliphatic hydroxyl groups excluding tert-OH is 1. The molecule has 2 aromatic carbocycles. The summed E-state index contributed by atoms with van der Waals surface area (Å²) in [5.41, 5.74) is 4.92. The van der Waals surface area contributed by atoms with Gasteiger partial charge in [-0.15, -0.1) is 11.3 Å². The van der Waals surface area contributed by atoms with Gasteiger partial charge in [0, 0.05) is 28.4 Å². The Labute approximate surface area is 286 Å². The fraction of sp³-hybridized carbons (Fsp3) is 0.405. The largest absolute Gasteiger partial charge is 0.480 e. The number of aromatic nitrogens is 2. The Hall–Kier alpha value is -3.57. The van der Waals surface area contributed by atoms with Crippen LogP contribution >= 0.6 is 23.1 Å². The van der Waals surface area contributed by atoms with E-state index in [0.717, 1.165) is 27.1 Å². The number of carboxylic acids is 1. The lowest BCUT2D eigenvalue weighted by Crippen LogP contribution is -2.55. The van der Waals surface area contributed by atoms with Gasteiger partial charge in [-0.2, -0.15) is 11.8 Å². The highest BCUT2D eigenvalue weighted by Crippen LogP contribution is 2.30. The van der Waals surface area contributed by atoms with Crippen LogP contribution in [0, 0.1) is 0 Å². The van der Waals surface area contributed by atoms with Gasteiger partial charge in [0.1, 0.15) is 12.3 Å². The third kappa shape index (κ3) is 9.96. The van der Waals surface area contributed by atoms with Gasteiger partial charge in [-0.05, 0) is 64.5 Å². The maximum Gasteiger partial charge on any atom is 0.320 e. The highest BCUT2D eigenvalue weighted by molar-refractivity contribution is 7.98. The summed E-state index contributed by atoms with van der Waals surface area (Å²) in [5.74, 6) is -0.158.